The molecule has 140 valence electrons. The van der Waals surface area contributed by atoms with Gasteiger partial charge in [-0.05, 0) is 43.7 Å². The van der Waals surface area contributed by atoms with Gasteiger partial charge in [0.15, 0.2) is 0 Å². The Morgan fingerprint density at radius 2 is 1.67 bits per heavy atom. The number of hydrogen-bond acceptors (Lipinski definition) is 4. The number of sulfonamides is 1. The minimum Gasteiger partial charge on any atom is -0.427 e. The smallest absolute Gasteiger partial charge is 0.343 e. The van der Waals surface area contributed by atoms with E-state index in [0.29, 0.717) is 22.5 Å². The van der Waals surface area contributed by atoms with Crippen molar-refractivity contribution >= 4 is 16.0 Å². The number of rotatable bonds is 4. The van der Waals surface area contributed by atoms with Crippen LogP contribution in [0, 0.1) is 6.92 Å². The van der Waals surface area contributed by atoms with Crippen molar-refractivity contribution < 1.29 is 17.9 Å². The van der Waals surface area contributed by atoms with E-state index in [1.54, 1.807) is 55.5 Å². The van der Waals surface area contributed by atoms with Gasteiger partial charge in [0.25, 0.3) is 0 Å². The maximum atomic E-state index is 12.9. The molecule has 1 saturated heterocycles. The molecule has 0 N–H and O–H groups in total. The van der Waals surface area contributed by atoms with Crippen molar-refractivity contribution in [1.29, 1.82) is 0 Å². The monoisotopic (exact) mass is 383 g/mol. The van der Waals surface area contributed by atoms with E-state index in [1.807, 2.05) is 13.0 Å². The summed E-state index contributed by atoms with van der Waals surface area (Å²) in [6, 6.07) is 15.4. The fourth-order valence-electron chi connectivity index (χ4n) is 2.88. The van der Waals surface area contributed by atoms with Gasteiger partial charge in [-0.15, -0.1) is 0 Å². The van der Waals surface area contributed by atoms with Crippen LogP contribution in [-0.4, -0.2) is 31.8 Å². The Morgan fingerprint density at radius 1 is 1.04 bits per heavy atom. The Kier molecular flexibility index (Phi) is 5.30. The Bertz CT molecular complexity index is 1010. The van der Waals surface area contributed by atoms with Gasteiger partial charge in [0.2, 0.25) is 10.0 Å². The summed E-state index contributed by atoms with van der Waals surface area (Å²) in [7, 11) is -3.64. The lowest BCUT2D eigenvalue weighted by Crippen LogP contribution is -2.28. The molecule has 0 radical (unpaired) electrons. The highest BCUT2D eigenvalue weighted by molar-refractivity contribution is 7.89. The molecule has 1 aliphatic heterocycles. The second-order valence-corrected chi connectivity index (χ2v) is 8.42. The minimum absolute atomic E-state index is 0.128. The predicted octanol–water partition coefficient (Wildman–Crippen LogP) is 3.69. The van der Waals surface area contributed by atoms with E-state index >= 15 is 0 Å². The molecule has 6 heteroatoms. The van der Waals surface area contributed by atoms with Gasteiger partial charge >= 0.3 is 5.97 Å². The Labute approximate surface area is 159 Å². The Morgan fingerprint density at radius 3 is 2.30 bits per heavy atom. The molecule has 27 heavy (non-hydrogen) atoms. The van der Waals surface area contributed by atoms with Crippen molar-refractivity contribution in [3.8, 4) is 0 Å². The number of hydrogen-bond donors (Lipinski definition) is 0. The second kappa shape index (κ2) is 7.50. The number of carbonyl (C=O) groups is 1. The number of aryl methyl sites for hydroxylation is 1. The van der Waals surface area contributed by atoms with Crippen molar-refractivity contribution in [3.05, 3.63) is 89.2 Å². The van der Waals surface area contributed by atoms with E-state index in [9.17, 15) is 13.2 Å². The fourth-order valence-corrected chi connectivity index (χ4v) is 4.28. The van der Waals surface area contributed by atoms with Crippen LogP contribution in [0.3, 0.4) is 0 Å². The normalized spacial score (nSPS) is 17.0. The summed E-state index contributed by atoms with van der Waals surface area (Å²) in [6.45, 7) is 7.81. The zero-order valence-corrected chi connectivity index (χ0v) is 16.1. The lowest BCUT2D eigenvalue weighted by atomic mass is 10.1. The first kappa shape index (κ1) is 19.1. The van der Waals surface area contributed by atoms with Gasteiger partial charge in [-0.1, -0.05) is 42.5 Å². The van der Waals surface area contributed by atoms with Crippen molar-refractivity contribution in [2.75, 3.05) is 13.1 Å². The molecule has 0 unspecified atom stereocenters. The maximum Gasteiger partial charge on any atom is 0.343 e. The summed E-state index contributed by atoms with van der Waals surface area (Å²) in [5, 5.41) is 0. The van der Waals surface area contributed by atoms with Crippen LogP contribution < -0.4 is 0 Å². The Hall–Kier alpha value is -2.70. The van der Waals surface area contributed by atoms with Crippen LogP contribution in [0.15, 0.2) is 83.0 Å². The SMILES string of the molecule is C=C1CN(S(=O)(=O)c2ccc(C)cc2)C/C1=C(/C)OC(=O)c1ccccc1. The molecular weight excluding hydrogens is 362 g/mol. The molecule has 3 rings (SSSR count). The van der Waals surface area contributed by atoms with Gasteiger partial charge in [0, 0.05) is 18.7 Å². The lowest BCUT2D eigenvalue weighted by molar-refractivity contribution is 0.0623. The molecule has 5 nitrogen and oxygen atoms in total. The van der Waals surface area contributed by atoms with Gasteiger partial charge in [-0.2, -0.15) is 4.31 Å². The third-order valence-corrected chi connectivity index (χ3v) is 6.27. The number of esters is 1. The van der Waals surface area contributed by atoms with E-state index in [-0.39, 0.29) is 18.0 Å². The van der Waals surface area contributed by atoms with Crippen molar-refractivity contribution in [2.24, 2.45) is 0 Å². The summed E-state index contributed by atoms with van der Waals surface area (Å²) in [6.07, 6.45) is 0. The first-order valence-corrected chi connectivity index (χ1v) is 9.95. The van der Waals surface area contributed by atoms with Crippen LogP contribution in [0.1, 0.15) is 22.8 Å². The molecule has 0 bridgehead atoms. The highest BCUT2D eigenvalue weighted by Gasteiger charge is 2.33. The van der Waals surface area contributed by atoms with Crippen LogP contribution in [0.4, 0.5) is 0 Å². The van der Waals surface area contributed by atoms with E-state index in [0.717, 1.165) is 5.56 Å². The number of ether oxygens (including phenoxy) is 1. The predicted molar refractivity (Wildman–Crippen MR) is 104 cm³/mol. The molecule has 0 aromatic heterocycles. The summed E-state index contributed by atoms with van der Waals surface area (Å²) in [5.74, 6) is -0.108. The zero-order valence-electron chi connectivity index (χ0n) is 15.3. The number of carbonyl (C=O) groups excluding carboxylic acids is 1. The van der Waals surface area contributed by atoms with E-state index < -0.39 is 16.0 Å². The fraction of sp³-hybridized carbons (Fsp3) is 0.190. The largest absolute Gasteiger partial charge is 0.427 e. The molecule has 0 saturated carbocycles. The van der Waals surface area contributed by atoms with Crippen LogP contribution >= 0.6 is 0 Å². The highest BCUT2D eigenvalue weighted by atomic mass is 32.2. The number of nitrogens with zero attached hydrogens (tertiary/aromatic N) is 1. The average Bonchev–Trinajstić information content (AvgIpc) is 3.05. The molecule has 0 aliphatic carbocycles. The average molecular weight is 383 g/mol. The molecule has 0 atom stereocenters. The first-order valence-electron chi connectivity index (χ1n) is 8.51. The maximum absolute atomic E-state index is 12.9. The van der Waals surface area contributed by atoms with Crippen LogP contribution in [0.5, 0.6) is 0 Å². The molecule has 1 heterocycles. The number of allylic oxidation sites excluding steroid dienone is 1. The van der Waals surface area contributed by atoms with Gasteiger partial charge in [-0.3, -0.25) is 0 Å². The molecule has 1 fully saturated rings. The van der Waals surface area contributed by atoms with Gasteiger partial charge in [0.1, 0.15) is 5.76 Å². The standard InChI is InChI=1S/C21H21NO4S/c1-15-9-11-19(12-10-15)27(24,25)22-13-16(2)20(14-22)17(3)26-21(23)18-7-5-4-6-8-18/h4-12H,2,13-14H2,1,3H3/b20-17+. The molecule has 2 aromatic rings. The van der Waals surface area contributed by atoms with Gasteiger partial charge in [0.05, 0.1) is 10.5 Å². The van der Waals surface area contributed by atoms with Crippen LogP contribution in [0.2, 0.25) is 0 Å². The zero-order chi connectivity index (χ0) is 19.6. The molecule has 2 aromatic carbocycles. The van der Waals surface area contributed by atoms with Gasteiger partial charge in [-0.25, -0.2) is 13.2 Å². The third kappa shape index (κ3) is 4.02. The molecule has 1 aliphatic rings. The van der Waals surface area contributed by atoms with Crippen LogP contribution in [0.25, 0.3) is 0 Å². The third-order valence-electron chi connectivity index (χ3n) is 4.47. The van der Waals surface area contributed by atoms with E-state index in [4.69, 9.17) is 4.74 Å². The summed E-state index contributed by atoms with van der Waals surface area (Å²) >= 11 is 0. The molecule has 0 amide bonds. The van der Waals surface area contributed by atoms with E-state index in [2.05, 4.69) is 6.58 Å². The van der Waals surface area contributed by atoms with Crippen molar-refractivity contribution in [2.45, 2.75) is 18.7 Å². The second-order valence-electron chi connectivity index (χ2n) is 6.48. The van der Waals surface area contributed by atoms with Crippen molar-refractivity contribution in [3.63, 3.8) is 0 Å². The minimum atomic E-state index is -3.64. The summed E-state index contributed by atoms with van der Waals surface area (Å²) in [4.78, 5) is 12.5. The molecule has 0 spiro atoms. The van der Waals surface area contributed by atoms with Gasteiger partial charge < -0.3 is 4.74 Å². The topological polar surface area (TPSA) is 63.7 Å². The van der Waals surface area contributed by atoms with Crippen molar-refractivity contribution in [1.82, 2.24) is 4.31 Å². The lowest BCUT2D eigenvalue weighted by Gasteiger charge is -2.15. The number of benzene rings is 2. The quantitative estimate of drug-likeness (QED) is 0.597. The first-order chi connectivity index (χ1) is 12.8. The van der Waals surface area contributed by atoms with E-state index in [1.165, 1.54) is 4.31 Å². The Balaban J connectivity index is 1.81. The van der Waals surface area contributed by atoms with Crippen LogP contribution in [-0.2, 0) is 14.8 Å². The highest BCUT2D eigenvalue weighted by Crippen LogP contribution is 2.29. The molecular formula is C21H21NO4S. The summed E-state index contributed by atoms with van der Waals surface area (Å²) < 4.78 is 32.5. The summed E-state index contributed by atoms with van der Waals surface area (Å²) in [5.41, 5.74) is 2.69.